The number of furan rings is 1. The highest BCUT2D eigenvalue weighted by molar-refractivity contribution is 14.0. The van der Waals surface area contributed by atoms with E-state index in [-0.39, 0.29) is 30.0 Å². The van der Waals surface area contributed by atoms with E-state index in [1.807, 2.05) is 14.0 Å². The zero-order valence-corrected chi connectivity index (χ0v) is 22.2. The normalized spacial score (nSPS) is 18.7. The Morgan fingerprint density at radius 1 is 1.00 bits per heavy atom. The first-order chi connectivity index (χ1) is 15.7. The zero-order valence-electron chi connectivity index (χ0n) is 19.9. The van der Waals surface area contributed by atoms with Gasteiger partial charge in [0, 0.05) is 39.8 Å². The zero-order chi connectivity index (χ0) is 22.2. The van der Waals surface area contributed by atoms with Crippen molar-refractivity contribution in [3.8, 4) is 0 Å². The van der Waals surface area contributed by atoms with Crippen molar-refractivity contribution in [1.82, 2.24) is 20.4 Å². The lowest BCUT2D eigenvalue weighted by Gasteiger charge is -2.28. The van der Waals surface area contributed by atoms with Gasteiger partial charge in [-0.2, -0.15) is 0 Å². The van der Waals surface area contributed by atoms with E-state index in [2.05, 4.69) is 61.8 Å². The number of hydrogen-bond acceptors (Lipinski definition) is 5. The van der Waals surface area contributed by atoms with Gasteiger partial charge in [0.1, 0.15) is 11.5 Å². The molecule has 2 saturated heterocycles. The average molecular weight is 568 g/mol. The Morgan fingerprint density at radius 2 is 1.73 bits per heavy atom. The third-order valence-corrected chi connectivity index (χ3v) is 6.42. The van der Waals surface area contributed by atoms with Gasteiger partial charge in [0.2, 0.25) is 0 Å². The molecule has 7 nitrogen and oxygen atoms in total. The van der Waals surface area contributed by atoms with Crippen LogP contribution in [-0.4, -0.2) is 68.7 Å². The highest BCUT2D eigenvalue weighted by Gasteiger charge is 2.26. The van der Waals surface area contributed by atoms with Crippen molar-refractivity contribution in [3.63, 3.8) is 0 Å². The SMILES string of the molecule is CN=C(NCc1ccccc1CN1CCOCC1)NCC(c1ccc(C)o1)N1CCCC1.I. The van der Waals surface area contributed by atoms with E-state index in [1.54, 1.807) is 0 Å². The van der Waals surface area contributed by atoms with E-state index in [9.17, 15) is 0 Å². The third kappa shape index (κ3) is 7.43. The summed E-state index contributed by atoms with van der Waals surface area (Å²) < 4.78 is 11.5. The fraction of sp³-hybridized carbons (Fsp3) is 0.560. The summed E-state index contributed by atoms with van der Waals surface area (Å²) in [5.41, 5.74) is 2.66. The summed E-state index contributed by atoms with van der Waals surface area (Å²) in [7, 11) is 1.83. The molecule has 0 radical (unpaired) electrons. The van der Waals surface area contributed by atoms with Gasteiger partial charge < -0.3 is 19.8 Å². The maximum Gasteiger partial charge on any atom is 0.191 e. The van der Waals surface area contributed by atoms with Gasteiger partial charge in [-0.25, -0.2) is 0 Å². The summed E-state index contributed by atoms with van der Waals surface area (Å²) >= 11 is 0. The van der Waals surface area contributed by atoms with Crippen LogP contribution in [0.1, 0.15) is 41.5 Å². The number of benzene rings is 1. The lowest BCUT2D eigenvalue weighted by atomic mass is 10.1. The Balaban J connectivity index is 0.00000306. The van der Waals surface area contributed by atoms with Crippen LogP contribution in [0.5, 0.6) is 0 Å². The van der Waals surface area contributed by atoms with Crippen LogP contribution >= 0.6 is 24.0 Å². The van der Waals surface area contributed by atoms with Gasteiger partial charge in [-0.3, -0.25) is 14.8 Å². The van der Waals surface area contributed by atoms with Crippen LogP contribution in [0, 0.1) is 6.92 Å². The number of morpholine rings is 1. The van der Waals surface area contributed by atoms with E-state index in [0.717, 1.165) is 76.5 Å². The minimum absolute atomic E-state index is 0. The summed E-state index contributed by atoms with van der Waals surface area (Å²) in [4.78, 5) is 9.43. The molecule has 0 amide bonds. The van der Waals surface area contributed by atoms with Gasteiger partial charge in [0.25, 0.3) is 0 Å². The molecule has 33 heavy (non-hydrogen) atoms. The molecular formula is C25H38IN5O2. The predicted molar refractivity (Wildman–Crippen MR) is 143 cm³/mol. The average Bonchev–Trinajstić information content (AvgIpc) is 3.50. The molecule has 182 valence electrons. The second-order valence-electron chi connectivity index (χ2n) is 8.67. The summed E-state index contributed by atoms with van der Waals surface area (Å²) in [5, 5.41) is 7.05. The van der Waals surface area contributed by atoms with Crippen LogP contribution in [0.15, 0.2) is 45.8 Å². The monoisotopic (exact) mass is 567 g/mol. The maximum atomic E-state index is 5.99. The van der Waals surface area contributed by atoms with Crippen molar-refractivity contribution < 1.29 is 9.15 Å². The van der Waals surface area contributed by atoms with Crippen molar-refractivity contribution in [1.29, 1.82) is 0 Å². The summed E-state index contributed by atoms with van der Waals surface area (Å²) in [6.07, 6.45) is 2.51. The van der Waals surface area contributed by atoms with Crippen LogP contribution < -0.4 is 10.6 Å². The first-order valence-electron chi connectivity index (χ1n) is 11.8. The molecule has 1 aromatic heterocycles. The number of likely N-dealkylation sites (tertiary alicyclic amines) is 1. The molecule has 8 heteroatoms. The van der Waals surface area contributed by atoms with Crippen LogP contribution in [-0.2, 0) is 17.8 Å². The van der Waals surface area contributed by atoms with Gasteiger partial charge in [0.05, 0.1) is 19.3 Å². The third-order valence-electron chi connectivity index (χ3n) is 6.42. The molecule has 0 bridgehead atoms. The van der Waals surface area contributed by atoms with Crippen LogP contribution in [0.25, 0.3) is 0 Å². The molecule has 0 aliphatic carbocycles. The molecule has 1 aromatic carbocycles. The Kier molecular flexibility index (Phi) is 10.5. The number of aliphatic imine (C=N–C) groups is 1. The smallest absolute Gasteiger partial charge is 0.191 e. The number of aryl methyl sites for hydroxylation is 1. The van der Waals surface area contributed by atoms with E-state index < -0.39 is 0 Å². The molecule has 1 atom stereocenters. The van der Waals surface area contributed by atoms with Crippen molar-refractivity contribution in [3.05, 3.63) is 59.0 Å². The first kappa shape index (κ1) is 26.0. The van der Waals surface area contributed by atoms with Crippen molar-refractivity contribution in [2.45, 2.75) is 38.9 Å². The number of nitrogens with zero attached hydrogens (tertiary/aromatic N) is 3. The summed E-state index contributed by atoms with van der Waals surface area (Å²) in [6.45, 7) is 10.4. The molecule has 2 aliphatic rings. The fourth-order valence-corrected chi connectivity index (χ4v) is 4.57. The van der Waals surface area contributed by atoms with E-state index >= 15 is 0 Å². The molecule has 2 aliphatic heterocycles. The lowest BCUT2D eigenvalue weighted by Crippen LogP contribution is -2.42. The predicted octanol–water partition coefficient (Wildman–Crippen LogP) is 3.54. The van der Waals surface area contributed by atoms with Gasteiger partial charge in [-0.1, -0.05) is 24.3 Å². The summed E-state index contributed by atoms with van der Waals surface area (Å²) in [5.74, 6) is 2.81. The van der Waals surface area contributed by atoms with Crippen LogP contribution in [0.3, 0.4) is 0 Å². The lowest BCUT2D eigenvalue weighted by molar-refractivity contribution is 0.0341. The second kappa shape index (κ2) is 13.3. The second-order valence-corrected chi connectivity index (χ2v) is 8.67. The summed E-state index contributed by atoms with van der Waals surface area (Å²) in [6, 6.07) is 13.0. The van der Waals surface area contributed by atoms with Gasteiger partial charge in [0.15, 0.2) is 5.96 Å². The Morgan fingerprint density at radius 3 is 2.39 bits per heavy atom. The van der Waals surface area contributed by atoms with Gasteiger partial charge >= 0.3 is 0 Å². The molecule has 3 heterocycles. The maximum absolute atomic E-state index is 5.99. The molecule has 2 N–H and O–H groups in total. The van der Waals surface area contributed by atoms with Crippen LogP contribution in [0.4, 0.5) is 0 Å². The first-order valence-corrected chi connectivity index (χ1v) is 11.8. The van der Waals surface area contributed by atoms with Crippen LogP contribution in [0.2, 0.25) is 0 Å². The van der Waals surface area contributed by atoms with Gasteiger partial charge in [-0.15, -0.1) is 24.0 Å². The Hall–Kier alpha value is -1.62. The number of nitrogens with one attached hydrogen (secondary N) is 2. The molecule has 1 unspecified atom stereocenters. The van der Waals surface area contributed by atoms with E-state index in [4.69, 9.17) is 9.15 Å². The van der Waals surface area contributed by atoms with E-state index in [1.165, 1.54) is 24.0 Å². The number of rotatable bonds is 8. The largest absolute Gasteiger partial charge is 0.465 e. The number of halogens is 1. The van der Waals surface area contributed by atoms with Gasteiger partial charge in [-0.05, 0) is 56.1 Å². The standard InChI is InChI=1S/C25H37N5O2.HI/c1-20-9-10-24(32-20)23(30-11-5-6-12-30)18-28-25(26-2)27-17-21-7-3-4-8-22(21)19-29-13-15-31-16-14-29;/h3-4,7-10,23H,5-6,11-19H2,1-2H3,(H2,26,27,28);1H. The highest BCUT2D eigenvalue weighted by atomic mass is 127. The molecule has 0 spiro atoms. The van der Waals surface area contributed by atoms with Crippen molar-refractivity contribution in [2.24, 2.45) is 4.99 Å². The van der Waals surface area contributed by atoms with Crippen molar-refractivity contribution >= 4 is 29.9 Å². The number of guanidine groups is 1. The Bertz CT molecular complexity index is 875. The molecule has 0 saturated carbocycles. The Labute approximate surface area is 215 Å². The molecule has 2 aromatic rings. The van der Waals surface area contributed by atoms with Crippen molar-refractivity contribution in [2.75, 3.05) is 53.0 Å². The fourth-order valence-electron chi connectivity index (χ4n) is 4.57. The number of hydrogen-bond donors (Lipinski definition) is 2. The molecule has 4 rings (SSSR count). The highest BCUT2D eigenvalue weighted by Crippen LogP contribution is 2.26. The molecular weight excluding hydrogens is 529 g/mol. The topological polar surface area (TPSA) is 65.3 Å². The minimum Gasteiger partial charge on any atom is -0.465 e. The minimum atomic E-state index is 0. The number of ether oxygens (including phenoxy) is 1. The molecule has 2 fully saturated rings. The quantitative estimate of drug-likeness (QED) is 0.289. The van der Waals surface area contributed by atoms with E-state index in [0.29, 0.717) is 0 Å².